The van der Waals surface area contributed by atoms with Gasteiger partial charge in [0.15, 0.2) is 0 Å². The molecule has 0 bridgehead atoms. The van der Waals surface area contributed by atoms with Gasteiger partial charge in [0.05, 0.1) is 6.10 Å². The van der Waals surface area contributed by atoms with Crippen LogP contribution in [0.4, 0.5) is 0 Å². The highest BCUT2D eigenvalue weighted by atomic mass is 16.3. The fraction of sp³-hybridized carbons (Fsp3) is 1.00. The summed E-state index contributed by atoms with van der Waals surface area (Å²) in [6.45, 7) is 5.85. The molecule has 0 aromatic heterocycles. The second-order valence-electron chi connectivity index (χ2n) is 5.51. The van der Waals surface area contributed by atoms with Crippen molar-refractivity contribution in [2.24, 2.45) is 0 Å². The van der Waals surface area contributed by atoms with Gasteiger partial charge in [0, 0.05) is 31.7 Å². The molecule has 0 radical (unpaired) electrons. The summed E-state index contributed by atoms with van der Waals surface area (Å²) in [4.78, 5) is 5.10. The van der Waals surface area contributed by atoms with E-state index >= 15 is 0 Å². The summed E-state index contributed by atoms with van der Waals surface area (Å²) in [5, 5.41) is 9.75. The molecule has 1 aliphatic heterocycles. The Balaban J connectivity index is 1.89. The molecule has 1 saturated heterocycles. The van der Waals surface area contributed by atoms with Gasteiger partial charge >= 0.3 is 0 Å². The van der Waals surface area contributed by atoms with Gasteiger partial charge in [-0.15, -0.1) is 0 Å². The van der Waals surface area contributed by atoms with Gasteiger partial charge in [-0.25, -0.2) is 0 Å². The monoisotopic (exact) mass is 226 g/mol. The molecule has 1 saturated carbocycles. The van der Waals surface area contributed by atoms with Crippen molar-refractivity contribution in [3.05, 3.63) is 0 Å². The number of rotatable bonds is 2. The minimum atomic E-state index is -0.0431. The predicted molar refractivity (Wildman–Crippen MR) is 66.5 cm³/mol. The molecule has 3 nitrogen and oxygen atoms in total. The van der Waals surface area contributed by atoms with Gasteiger partial charge < -0.3 is 10.0 Å². The number of hydrogen-bond donors (Lipinski definition) is 1. The highest BCUT2D eigenvalue weighted by Gasteiger charge is 2.30. The third kappa shape index (κ3) is 2.76. The van der Waals surface area contributed by atoms with E-state index in [9.17, 15) is 5.11 Å². The molecule has 1 N–H and O–H groups in total. The van der Waals surface area contributed by atoms with Crippen LogP contribution in [-0.2, 0) is 0 Å². The average Bonchev–Trinajstić information content (AvgIpc) is 2.29. The highest BCUT2D eigenvalue weighted by molar-refractivity contribution is 4.86. The standard InChI is InChI=1S/C13H26N2O/c1-3-11-10-15(8-7-14(11)2)12-5-4-6-13(16)9-12/h11-13,16H,3-10H2,1-2H3. The molecular formula is C13H26N2O. The molecule has 3 unspecified atom stereocenters. The zero-order valence-corrected chi connectivity index (χ0v) is 10.7. The maximum Gasteiger partial charge on any atom is 0.0555 e. The van der Waals surface area contributed by atoms with Crippen molar-refractivity contribution in [2.45, 2.75) is 57.2 Å². The Hall–Kier alpha value is -0.120. The van der Waals surface area contributed by atoms with Crippen molar-refractivity contribution in [1.29, 1.82) is 0 Å². The first-order valence-electron chi connectivity index (χ1n) is 6.83. The molecule has 94 valence electrons. The number of hydrogen-bond acceptors (Lipinski definition) is 3. The molecule has 2 aliphatic rings. The van der Waals surface area contributed by atoms with Crippen molar-refractivity contribution in [1.82, 2.24) is 9.80 Å². The lowest BCUT2D eigenvalue weighted by Crippen LogP contribution is -2.55. The highest BCUT2D eigenvalue weighted by Crippen LogP contribution is 2.25. The van der Waals surface area contributed by atoms with E-state index in [-0.39, 0.29) is 6.10 Å². The van der Waals surface area contributed by atoms with Crippen LogP contribution in [0.2, 0.25) is 0 Å². The maximum atomic E-state index is 9.75. The van der Waals surface area contributed by atoms with Gasteiger partial charge in [-0.2, -0.15) is 0 Å². The molecule has 16 heavy (non-hydrogen) atoms. The molecule has 0 aromatic carbocycles. The van der Waals surface area contributed by atoms with Crippen LogP contribution < -0.4 is 0 Å². The predicted octanol–water partition coefficient (Wildman–Crippen LogP) is 1.32. The number of aliphatic hydroxyl groups excluding tert-OH is 1. The summed E-state index contributed by atoms with van der Waals surface area (Å²) in [7, 11) is 2.24. The van der Waals surface area contributed by atoms with Gasteiger partial charge in [0.1, 0.15) is 0 Å². The first-order valence-corrected chi connectivity index (χ1v) is 6.83. The Kier molecular flexibility index (Phi) is 4.22. The largest absolute Gasteiger partial charge is 0.393 e. The normalized spacial score (nSPS) is 38.8. The fourth-order valence-electron chi connectivity index (χ4n) is 3.21. The first kappa shape index (κ1) is 12.3. The third-order valence-corrected chi connectivity index (χ3v) is 4.42. The van der Waals surface area contributed by atoms with Crippen LogP contribution in [0, 0.1) is 0 Å². The zero-order chi connectivity index (χ0) is 11.5. The maximum absolute atomic E-state index is 9.75. The smallest absolute Gasteiger partial charge is 0.0555 e. The van der Waals surface area contributed by atoms with E-state index in [0.717, 1.165) is 12.8 Å². The van der Waals surface area contributed by atoms with Crippen molar-refractivity contribution < 1.29 is 5.11 Å². The molecule has 1 aliphatic carbocycles. The van der Waals surface area contributed by atoms with E-state index in [4.69, 9.17) is 0 Å². The van der Waals surface area contributed by atoms with E-state index < -0.39 is 0 Å². The summed E-state index contributed by atoms with van der Waals surface area (Å²) in [5.41, 5.74) is 0. The van der Waals surface area contributed by atoms with Crippen molar-refractivity contribution in [3.63, 3.8) is 0 Å². The van der Waals surface area contributed by atoms with Crippen LogP contribution in [0.15, 0.2) is 0 Å². The summed E-state index contributed by atoms with van der Waals surface area (Å²) in [6, 6.07) is 1.36. The molecule has 0 aromatic rings. The second-order valence-corrected chi connectivity index (χ2v) is 5.51. The lowest BCUT2D eigenvalue weighted by atomic mass is 9.91. The summed E-state index contributed by atoms with van der Waals surface area (Å²) < 4.78 is 0. The fourth-order valence-corrected chi connectivity index (χ4v) is 3.21. The Morgan fingerprint density at radius 1 is 1.25 bits per heavy atom. The first-order chi connectivity index (χ1) is 7.70. The lowest BCUT2D eigenvalue weighted by molar-refractivity contribution is 0.0170. The molecule has 0 spiro atoms. The van der Waals surface area contributed by atoms with Crippen molar-refractivity contribution in [2.75, 3.05) is 26.7 Å². The van der Waals surface area contributed by atoms with E-state index in [1.54, 1.807) is 0 Å². The number of aliphatic hydroxyl groups is 1. The van der Waals surface area contributed by atoms with E-state index in [2.05, 4.69) is 23.8 Å². The quantitative estimate of drug-likeness (QED) is 0.769. The molecule has 1 heterocycles. The lowest BCUT2D eigenvalue weighted by Gasteiger charge is -2.44. The Morgan fingerprint density at radius 2 is 2.06 bits per heavy atom. The van der Waals surface area contributed by atoms with Crippen LogP contribution in [0.1, 0.15) is 39.0 Å². The molecule has 3 atom stereocenters. The summed E-state index contributed by atoms with van der Waals surface area (Å²) in [5.74, 6) is 0. The second kappa shape index (κ2) is 5.48. The summed E-state index contributed by atoms with van der Waals surface area (Å²) >= 11 is 0. The van der Waals surface area contributed by atoms with Crippen LogP contribution in [0.25, 0.3) is 0 Å². The van der Waals surface area contributed by atoms with E-state index in [0.29, 0.717) is 12.1 Å². The Labute approximate surface area is 99.4 Å². The van der Waals surface area contributed by atoms with Crippen molar-refractivity contribution in [3.8, 4) is 0 Å². The minimum absolute atomic E-state index is 0.0431. The van der Waals surface area contributed by atoms with Gasteiger partial charge in [-0.1, -0.05) is 6.92 Å². The van der Waals surface area contributed by atoms with Gasteiger partial charge in [-0.05, 0) is 39.2 Å². The van der Waals surface area contributed by atoms with Crippen LogP contribution in [0.3, 0.4) is 0 Å². The van der Waals surface area contributed by atoms with Crippen LogP contribution in [-0.4, -0.2) is 59.8 Å². The Bertz CT molecular complexity index is 222. The average molecular weight is 226 g/mol. The molecule has 0 amide bonds. The van der Waals surface area contributed by atoms with Gasteiger partial charge in [0.2, 0.25) is 0 Å². The minimum Gasteiger partial charge on any atom is -0.393 e. The van der Waals surface area contributed by atoms with E-state index in [1.807, 2.05) is 0 Å². The summed E-state index contributed by atoms with van der Waals surface area (Å²) in [6.07, 6.45) is 5.70. The molecule has 2 rings (SSSR count). The number of piperazine rings is 1. The van der Waals surface area contributed by atoms with Crippen LogP contribution in [0.5, 0.6) is 0 Å². The van der Waals surface area contributed by atoms with E-state index in [1.165, 1.54) is 38.9 Å². The van der Waals surface area contributed by atoms with Crippen LogP contribution >= 0.6 is 0 Å². The zero-order valence-electron chi connectivity index (χ0n) is 10.7. The molecule has 2 fully saturated rings. The topological polar surface area (TPSA) is 26.7 Å². The molecular weight excluding hydrogens is 200 g/mol. The Morgan fingerprint density at radius 3 is 2.75 bits per heavy atom. The number of nitrogens with zero attached hydrogens (tertiary/aromatic N) is 2. The molecule has 3 heteroatoms. The van der Waals surface area contributed by atoms with Crippen molar-refractivity contribution >= 4 is 0 Å². The number of likely N-dealkylation sites (N-methyl/N-ethyl adjacent to an activating group) is 1. The van der Waals surface area contributed by atoms with Gasteiger partial charge in [0.25, 0.3) is 0 Å². The van der Waals surface area contributed by atoms with Gasteiger partial charge in [-0.3, -0.25) is 4.90 Å². The third-order valence-electron chi connectivity index (χ3n) is 4.42. The SMILES string of the molecule is CCC1CN(C2CCCC(O)C2)CCN1C.